The van der Waals surface area contributed by atoms with Crippen molar-refractivity contribution < 1.29 is 9.90 Å². The molecule has 0 aromatic heterocycles. The molecule has 0 saturated carbocycles. The molecule has 1 aliphatic rings. The summed E-state index contributed by atoms with van der Waals surface area (Å²) in [5, 5.41) is 9.36. The van der Waals surface area contributed by atoms with Gasteiger partial charge in [-0.25, -0.2) is 0 Å². The monoisotopic (exact) mass is 205 g/mol. The molecule has 0 unspecified atom stereocenters. The van der Waals surface area contributed by atoms with E-state index in [1.54, 1.807) is 4.90 Å². The van der Waals surface area contributed by atoms with E-state index in [1.807, 2.05) is 31.2 Å². The van der Waals surface area contributed by atoms with Crippen molar-refractivity contribution >= 4 is 5.91 Å². The Labute approximate surface area is 89.3 Å². The molecular formula is C12H15NO2. The number of β-amino-alcohol motifs (C(OH)–C–C–N with tert-alkyl or cyclic N) is 1. The molecule has 3 heteroatoms. The van der Waals surface area contributed by atoms with Gasteiger partial charge in [0.1, 0.15) is 0 Å². The molecule has 0 aliphatic carbocycles. The highest BCUT2D eigenvalue weighted by atomic mass is 16.3. The molecule has 0 bridgehead atoms. The molecule has 0 radical (unpaired) electrons. The Balaban J connectivity index is 2.14. The Bertz CT molecular complexity index is 376. The van der Waals surface area contributed by atoms with Gasteiger partial charge >= 0.3 is 0 Å². The third-order valence-corrected chi connectivity index (χ3v) is 2.72. The fourth-order valence-electron chi connectivity index (χ4n) is 1.89. The SMILES string of the molecule is Cc1cccc(C(=O)N2CC[C@@H](O)C2)c1. The third kappa shape index (κ3) is 2.18. The van der Waals surface area contributed by atoms with Crippen molar-refractivity contribution in [2.45, 2.75) is 19.4 Å². The number of aliphatic hydroxyl groups is 1. The first-order valence-corrected chi connectivity index (χ1v) is 5.21. The molecule has 2 rings (SSSR count). The summed E-state index contributed by atoms with van der Waals surface area (Å²) in [6.45, 7) is 3.09. The number of carbonyl (C=O) groups is 1. The van der Waals surface area contributed by atoms with Crippen LogP contribution in [-0.2, 0) is 0 Å². The number of benzene rings is 1. The lowest BCUT2D eigenvalue weighted by Crippen LogP contribution is -2.29. The zero-order valence-electron chi connectivity index (χ0n) is 8.81. The average Bonchev–Trinajstić information content (AvgIpc) is 2.64. The van der Waals surface area contributed by atoms with Gasteiger partial charge in [-0.2, -0.15) is 0 Å². The van der Waals surface area contributed by atoms with E-state index in [4.69, 9.17) is 0 Å². The van der Waals surface area contributed by atoms with Crippen LogP contribution >= 0.6 is 0 Å². The van der Waals surface area contributed by atoms with Gasteiger partial charge in [0.05, 0.1) is 6.10 Å². The van der Waals surface area contributed by atoms with Gasteiger partial charge in [-0.05, 0) is 25.5 Å². The third-order valence-electron chi connectivity index (χ3n) is 2.72. The van der Waals surface area contributed by atoms with Gasteiger partial charge in [-0.3, -0.25) is 4.79 Å². The van der Waals surface area contributed by atoms with E-state index in [2.05, 4.69) is 0 Å². The van der Waals surface area contributed by atoms with Crippen LogP contribution in [0.15, 0.2) is 24.3 Å². The van der Waals surface area contributed by atoms with E-state index in [0.717, 1.165) is 5.56 Å². The molecule has 1 amide bonds. The molecule has 1 heterocycles. The molecule has 1 fully saturated rings. The summed E-state index contributed by atoms with van der Waals surface area (Å²) in [5.41, 5.74) is 1.80. The molecule has 1 atom stereocenters. The summed E-state index contributed by atoms with van der Waals surface area (Å²) in [7, 11) is 0. The minimum Gasteiger partial charge on any atom is -0.391 e. The van der Waals surface area contributed by atoms with Crippen LogP contribution in [0.4, 0.5) is 0 Å². The van der Waals surface area contributed by atoms with Gasteiger partial charge in [0.15, 0.2) is 0 Å². The van der Waals surface area contributed by atoms with Crippen LogP contribution in [0.3, 0.4) is 0 Å². The number of likely N-dealkylation sites (tertiary alicyclic amines) is 1. The number of hydrogen-bond acceptors (Lipinski definition) is 2. The Morgan fingerprint density at radius 1 is 1.53 bits per heavy atom. The summed E-state index contributed by atoms with van der Waals surface area (Å²) in [5.74, 6) is 0.0234. The maximum atomic E-state index is 12.0. The molecule has 1 aromatic carbocycles. The number of aliphatic hydroxyl groups excluding tert-OH is 1. The van der Waals surface area contributed by atoms with Gasteiger partial charge in [0.25, 0.3) is 5.91 Å². The maximum Gasteiger partial charge on any atom is 0.253 e. The van der Waals surface area contributed by atoms with Gasteiger partial charge in [-0.1, -0.05) is 17.7 Å². The van der Waals surface area contributed by atoms with Gasteiger partial charge < -0.3 is 10.0 Å². The Hall–Kier alpha value is -1.35. The number of aryl methyl sites for hydroxylation is 1. The van der Waals surface area contributed by atoms with E-state index in [9.17, 15) is 9.90 Å². The second-order valence-corrected chi connectivity index (χ2v) is 4.06. The van der Waals surface area contributed by atoms with Crippen LogP contribution < -0.4 is 0 Å². The topological polar surface area (TPSA) is 40.5 Å². The minimum atomic E-state index is -0.348. The number of nitrogens with zero attached hydrogens (tertiary/aromatic N) is 1. The predicted molar refractivity (Wildman–Crippen MR) is 57.7 cm³/mol. The molecule has 3 nitrogen and oxygen atoms in total. The van der Waals surface area contributed by atoms with Crippen LogP contribution in [0, 0.1) is 6.92 Å². The molecule has 15 heavy (non-hydrogen) atoms. The van der Waals surface area contributed by atoms with Crippen molar-refractivity contribution in [3.8, 4) is 0 Å². The first kappa shape index (κ1) is 10.2. The second-order valence-electron chi connectivity index (χ2n) is 4.06. The van der Waals surface area contributed by atoms with Crippen LogP contribution in [0.25, 0.3) is 0 Å². The quantitative estimate of drug-likeness (QED) is 0.748. The lowest BCUT2D eigenvalue weighted by atomic mass is 10.1. The molecular weight excluding hydrogens is 190 g/mol. The second kappa shape index (κ2) is 4.03. The molecule has 1 N–H and O–H groups in total. The molecule has 1 saturated heterocycles. The number of rotatable bonds is 1. The van der Waals surface area contributed by atoms with Crippen molar-refractivity contribution in [1.82, 2.24) is 4.90 Å². The largest absolute Gasteiger partial charge is 0.391 e. The highest BCUT2D eigenvalue weighted by Gasteiger charge is 2.25. The summed E-state index contributed by atoms with van der Waals surface area (Å²) in [6.07, 6.45) is 0.344. The molecule has 80 valence electrons. The predicted octanol–water partition coefficient (Wildman–Crippen LogP) is 1.20. The van der Waals surface area contributed by atoms with Crippen molar-refractivity contribution in [2.24, 2.45) is 0 Å². The van der Waals surface area contributed by atoms with Crippen LogP contribution in [0.1, 0.15) is 22.3 Å². The highest BCUT2D eigenvalue weighted by molar-refractivity contribution is 5.94. The average molecular weight is 205 g/mol. The van der Waals surface area contributed by atoms with E-state index in [1.165, 1.54) is 0 Å². The van der Waals surface area contributed by atoms with Crippen LogP contribution in [0.5, 0.6) is 0 Å². The summed E-state index contributed by atoms with van der Waals surface area (Å²) < 4.78 is 0. The molecule has 1 aliphatic heterocycles. The van der Waals surface area contributed by atoms with E-state index < -0.39 is 0 Å². The van der Waals surface area contributed by atoms with Crippen LogP contribution in [0.2, 0.25) is 0 Å². The van der Waals surface area contributed by atoms with Crippen molar-refractivity contribution in [3.63, 3.8) is 0 Å². The van der Waals surface area contributed by atoms with Crippen LogP contribution in [-0.4, -0.2) is 35.1 Å². The van der Waals surface area contributed by atoms with E-state index in [0.29, 0.717) is 25.1 Å². The lowest BCUT2D eigenvalue weighted by molar-refractivity contribution is 0.0765. The number of amides is 1. The summed E-state index contributed by atoms with van der Waals surface area (Å²) in [4.78, 5) is 13.7. The summed E-state index contributed by atoms with van der Waals surface area (Å²) >= 11 is 0. The van der Waals surface area contributed by atoms with Gasteiger partial charge in [0, 0.05) is 18.7 Å². The van der Waals surface area contributed by atoms with Gasteiger partial charge in [-0.15, -0.1) is 0 Å². The maximum absolute atomic E-state index is 12.0. The zero-order valence-corrected chi connectivity index (χ0v) is 8.81. The van der Waals surface area contributed by atoms with Crippen molar-refractivity contribution in [3.05, 3.63) is 35.4 Å². The lowest BCUT2D eigenvalue weighted by Gasteiger charge is -2.15. The highest BCUT2D eigenvalue weighted by Crippen LogP contribution is 2.14. The van der Waals surface area contributed by atoms with Crippen molar-refractivity contribution in [2.75, 3.05) is 13.1 Å². The minimum absolute atomic E-state index is 0.0234. The smallest absolute Gasteiger partial charge is 0.253 e. The number of hydrogen-bond donors (Lipinski definition) is 1. The normalized spacial score (nSPS) is 20.7. The fourth-order valence-corrected chi connectivity index (χ4v) is 1.89. The van der Waals surface area contributed by atoms with Crippen molar-refractivity contribution in [1.29, 1.82) is 0 Å². The molecule has 1 aromatic rings. The summed E-state index contributed by atoms with van der Waals surface area (Å²) in [6, 6.07) is 7.55. The first-order chi connectivity index (χ1) is 7.16. The standard InChI is InChI=1S/C12H15NO2/c1-9-3-2-4-10(7-9)12(15)13-6-5-11(14)8-13/h2-4,7,11,14H,5-6,8H2,1H3/t11-/m1/s1. The Kier molecular flexibility index (Phi) is 2.73. The first-order valence-electron chi connectivity index (χ1n) is 5.21. The van der Waals surface area contributed by atoms with Gasteiger partial charge in [0.2, 0.25) is 0 Å². The Morgan fingerprint density at radius 2 is 2.33 bits per heavy atom. The fraction of sp³-hybridized carbons (Fsp3) is 0.417. The molecule has 0 spiro atoms. The zero-order chi connectivity index (χ0) is 10.8. The van der Waals surface area contributed by atoms with E-state index >= 15 is 0 Å². The Morgan fingerprint density at radius 3 is 2.93 bits per heavy atom. The number of carbonyl (C=O) groups excluding carboxylic acids is 1. The van der Waals surface area contributed by atoms with E-state index in [-0.39, 0.29) is 12.0 Å².